The normalized spacial score (nSPS) is 12.3. The third-order valence-electron chi connectivity index (χ3n) is 5.83. The lowest BCUT2D eigenvalue weighted by molar-refractivity contribution is 0.101. The molecule has 0 saturated carbocycles. The van der Waals surface area contributed by atoms with Crippen LogP contribution in [0, 0.1) is 0 Å². The van der Waals surface area contributed by atoms with Crippen molar-refractivity contribution in [2.75, 3.05) is 0 Å². The second-order valence-electron chi connectivity index (χ2n) is 8.34. The van der Waals surface area contributed by atoms with Crippen LogP contribution < -0.4 is 0 Å². The number of Topliss-reactive ketones (excluding diaryl/α,β-unsaturated/α-hetero) is 1. The lowest BCUT2D eigenvalue weighted by Crippen LogP contribution is -2.00. The smallest absolute Gasteiger partial charge is 0.159 e. The van der Waals surface area contributed by atoms with Crippen molar-refractivity contribution in [3.8, 4) is 0 Å². The zero-order valence-corrected chi connectivity index (χ0v) is 18.4. The van der Waals surface area contributed by atoms with Crippen molar-refractivity contribution in [3.05, 3.63) is 35.4 Å². The Hall–Kier alpha value is -1.11. The first-order valence-corrected chi connectivity index (χ1v) is 11.8. The molecule has 0 saturated heterocycles. The van der Waals surface area contributed by atoms with Gasteiger partial charge in [0.2, 0.25) is 0 Å². The molecule has 0 aliphatic rings. The monoisotopic (exact) mass is 372 g/mol. The van der Waals surface area contributed by atoms with Crippen molar-refractivity contribution in [1.29, 1.82) is 0 Å². The van der Waals surface area contributed by atoms with Crippen LogP contribution >= 0.6 is 0 Å². The molecule has 0 bridgehead atoms. The Morgan fingerprint density at radius 1 is 0.667 bits per heavy atom. The molecule has 154 valence electrons. The number of carbonyl (C=O) groups is 1. The Balaban J connectivity index is 2.12. The minimum Gasteiger partial charge on any atom is -0.295 e. The van der Waals surface area contributed by atoms with Crippen molar-refractivity contribution in [1.82, 2.24) is 0 Å². The molecule has 0 aliphatic carbocycles. The zero-order valence-electron chi connectivity index (χ0n) is 18.4. The highest BCUT2D eigenvalue weighted by Gasteiger charge is 2.11. The first kappa shape index (κ1) is 23.9. The molecule has 0 amide bonds. The van der Waals surface area contributed by atoms with Crippen LogP contribution in [0.15, 0.2) is 24.3 Å². The summed E-state index contributed by atoms with van der Waals surface area (Å²) in [6, 6.07) is 8.36. The second kappa shape index (κ2) is 15.9. The van der Waals surface area contributed by atoms with E-state index < -0.39 is 0 Å². The summed E-state index contributed by atoms with van der Waals surface area (Å²) in [5.41, 5.74) is 2.25. The maximum absolute atomic E-state index is 11.4. The number of unbranched alkanes of at least 4 members (excludes halogenated alkanes) is 11. The molecule has 1 unspecified atom stereocenters. The lowest BCUT2D eigenvalue weighted by Gasteiger charge is -2.17. The number of ketones is 1. The summed E-state index contributed by atoms with van der Waals surface area (Å²) in [5, 5.41) is 0. The third kappa shape index (κ3) is 11.4. The SMILES string of the molecule is CCCCCCCCCCCCCCC(CCC)c1ccc(C(C)=O)cc1. The van der Waals surface area contributed by atoms with Gasteiger partial charge in [-0.25, -0.2) is 0 Å². The van der Waals surface area contributed by atoms with Crippen molar-refractivity contribution in [2.45, 2.75) is 123 Å². The summed E-state index contributed by atoms with van der Waals surface area (Å²) in [5.74, 6) is 0.827. The van der Waals surface area contributed by atoms with E-state index in [9.17, 15) is 4.79 Å². The molecule has 1 aromatic rings. The highest BCUT2D eigenvalue weighted by Crippen LogP contribution is 2.28. The van der Waals surface area contributed by atoms with Crippen LogP contribution in [0.3, 0.4) is 0 Å². The van der Waals surface area contributed by atoms with E-state index in [2.05, 4.69) is 26.0 Å². The van der Waals surface area contributed by atoms with Crippen molar-refractivity contribution >= 4 is 5.78 Å². The summed E-state index contributed by atoms with van der Waals surface area (Å²) in [6.07, 6.45) is 20.7. The van der Waals surface area contributed by atoms with E-state index in [1.54, 1.807) is 6.92 Å². The molecule has 1 rings (SSSR count). The third-order valence-corrected chi connectivity index (χ3v) is 5.83. The first-order valence-electron chi connectivity index (χ1n) is 11.8. The Bertz CT molecular complexity index is 473. The van der Waals surface area contributed by atoms with E-state index in [1.165, 1.54) is 102 Å². The average molecular weight is 373 g/mol. The van der Waals surface area contributed by atoms with Gasteiger partial charge in [-0.1, -0.05) is 122 Å². The van der Waals surface area contributed by atoms with Gasteiger partial charge in [0.15, 0.2) is 5.78 Å². The van der Waals surface area contributed by atoms with Crippen LogP contribution in [0.5, 0.6) is 0 Å². The summed E-state index contributed by atoms with van der Waals surface area (Å²) in [6.45, 7) is 6.21. The van der Waals surface area contributed by atoms with Gasteiger partial charge in [-0.3, -0.25) is 4.79 Å². The maximum Gasteiger partial charge on any atom is 0.159 e. The van der Waals surface area contributed by atoms with Crippen LogP contribution in [0.2, 0.25) is 0 Å². The van der Waals surface area contributed by atoms with Crippen LogP contribution in [0.25, 0.3) is 0 Å². The first-order chi connectivity index (χ1) is 13.2. The fourth-order valence-corrected chi connectivity index (χ4v) is 4.05. The summed E-state index contributed by atoms with van der Waals surface area (Å²) >= 11 is 0. The average Bonchev–Trinajstić information content (AvgIpc) is 2.68. The van der Waals surface area contributed by atoms with Gasteiger partial charge in [-0.2, -0.15) is 0 Å². The molecule has 1 atom stereocenters. The molecule has 0 N–H and O–H groups in total. The van der Waals surface area contributed by atoms with Crippen LogP contribution in [-0.2, 0) is 0 Å². The van der Waals surface area contributed by atoms with Gasteiger partial charge in [0.25, 0.3) is 0 Å². The molecule has 1 nitrogen and oxygen atoms in total. The molecule has 0 aliphatic heterocycles. The van der Waals surface area contributed by atoms with Gasteiger partial charge >= 0.3 is 0 Å². The quantitative estimate of drug-likeness (QED) is 0.197. The molecule has 0 spiro atoms. The number of rotatable bonds is 17. The van der Waals surface area contributed by atoms with E-state index in [-0.39, 0.29) is 5.78 Å². The van der Waals surface area contributed by atoms with E-state index in [0.29, 0.717) is 5.92 Å². The molecular weight excluding hydrogens is 328 g/mol. The van der Waals surface area contributed by atoms with E-state index in [4.69, 9.17) is 0 Å². The van der Waals surface area contributed by atoms with Crippen molar-refractivity contribution in [2.24, 2.45) is 0 Å². The zero-order chi connectivity index (χ0) is 19.7. The highest BCUT2D eigenvalue weighted by molar-refractivity contribution is 5.94. The minimum absolute atomic E-state index is 0.162. The fraction of sp³-hybridized carbons (Fsp3) is 0.731. The molecule has 0 heterocycles. The molecule has 0 radical (unpaired) electrons. The molecule has 0 fully saturated rings. The van der Waals surface area contributed by atoms with Crippen molar-refractivity contribution in [3.63, 3.8) is 0 Å². The maximum atomic E-state index is 11.4. The van der Waals surface area contributed by atoms with Crippen LogP contribution in [0.4, 0.5) is 0 Å². The molecule has 1 heteroatoms. The standard InChI is InChI=1S/C26H44O/c1-4-6-7-8-9-10-11-12-13-14-15-16-18-25(17-5-2)26-21-19-24(20-22-26)23(3)27/h19-22,25H,4-18H2,1-3H3. The van der Waals surface area contributed by atoms with Gasteiger partial charge < -0.3 is 0 Å². The largest absolute Gasteiger partial charge is 0.295 e. The van der Waals surface area contributed by atoms with E-state index in [1.807, 2.05) is 12.1 Å². The highest BCUT2D eigenvalue weighted by atomic mass is 16.1. The number of hydrogen-bond donors (Lipinski definition) is 0. The summed E-state index contributed by atoms with van der Waals surface area (Å²) in [7, 11) is 0. The van der Waals surface area contributed by atoms with E-state index in [0.717, 1.165) is 5.56 Å². The van der Waals surface area contributed by atoms with Crippen LogP contribution in [-0.4, -0.2) is 5.78 Å². The molecule has 27 heavy (non-hydrogen) atoms. The lowest BCUT2D eigenvalue weighted by atomic mass is 9.88. The molecular formula is C26H44O. The summed E-state index contributed by atoms with van der Waals surface area (Å²) in [4.78, 5) is 11.4. The van der Waals surface area contributed by atoms with Crippen molar-refractivity contribution < 1.29 is 4.79 Å². The predicted molar refractivity (Wildman–Crippen MR) is 120 cm³/mol. The second-order valence-corrected chi connectivity index (χ2v) is 8.34. The number of hydrogen-bond acceptors (Lipinski definition) is 1. The molecule has 1 aromatic carbocycles. The van der Waals surface area contributed by atoms with Gasteiger partial charge in [0, 0.05) is 5.56 Å². The Kier molecular flexibility index (Phi) is 14.1. The van der Waals surface area contributed by atoms with Crippen LogP contribution in [0.1, 0.15) is 139 Å². The van der Waals surface area contributed by atoms with Gasteiger partial charge in [0.05, 0.1) is 0 Å². The van der Waals surface area contributed by atoms with Gasteiger partial charge in [-0.15, -0.1) is 0 Å². The van der Waals surface area contributed by atoms with E-state index >= 15 is 0 Å². The Morgan fingerprint density at radius 2 is 1.15 bits per heavy atom. The predicted octanol–water partition coefficient (Wildman–Crippen LogP) is 8.86. The fourth-order valence-electron chi connectivity index (χ4n) is 4.05. The Morgan fingerprint density at radius 3 is 1.59 bits per heavy atom. The molecule has 0 aromatic heterocycles. The minimum atomic E-state index is 0.162. The number of carbonyl (C=O) groups excluding carboxylic acids is 1. The Labute approximate surface area is 169 Å². The van der Waals surface area contributed by atoms with Gasteiger partial charge in [-0.05, 0) is 31.2 Å². The number of benzene rings is 1. The van der Waals surface area contributed by atoms with Gasteiger partial charge in [0.1, 0.15) is 0 Å². The topological polar surface area (TPSA) is 17.1 Å². The summed E-state index contributed by atoms with van der Waals surface area (Å²) < 4.78 is 0.